The molecule has 0 radical (unpaired) electrons. The van der Waals surface area contributed by atoms with Gasteiger partial charge in [0.25, 0.3) is 11.8 Å². The van der Waals surface area contributed by atoms with E-state index in [0.717, 1.165) is 0 Å². The zero-order valence-corrected chi connectivity index (χ0v) is 15.0. The van der Waals surface area contributed by atoms with Crippen LogP contribution in [0.25, 0.3) is 0 Å². The van der Waals surface area contributed by atoms with Crippen molar-refractivity contribution in [2.75, 3.05) is 39.5 Å². The van der Waals surface area contributed by atoms with Crippen molar-refractivity contribution in [2.45, 2.75) is 6.92 Å². The molecule has 0 aliphatic carbocycles. The Morgan fingerprint density at radius 2 is 1.30 bits per heavy atom. The van der Waals surface area contributed by atoms with E-state index in [1.807, 2.05) is 0 Å². The highest BCUT2D eigenvalue weighted by molar-refractivity contribution is 5.99. The standard InChI is InChI=1S/C12H16N2O4.C5H10O4/c15-6-4-13-11(17)9-2-1-3-10(8-9)12(18)14-5-7-16;1-5(2-6,3-7)4(8)9/h1-3,8,15-16H,4-7H2,(H,13,17)(H,14,18);6-7H,2-3H2,1H3,(H,8,9). The van der Waals surface area contributed by atoms with E-state index in [-0.39, 0.29) is 38.1 Å². The lowest BCUT2D eigenvalue weighted by Gasteiger charge is -2.17. The second kappa shape index (κ2) is 12.8. The average molecular weight is 386 g/mol. The van der Waals surface area contributed by atoms with E-state index in [1.165, 1.54) is 13.0 Å². The molecule has 152 valence electrons. The molecule has 10 nitrogen and oxygen atoms in total. The van der Waals surface area contributed by atoms with Crippen molar-refractivity contribution >= 4 is 17.8 Å². The zero-order valence-electron chi connectivity index (χ0n) is 15.0. The molecule has 0 aromatic heterocycles. The third-order valence-electron chi connectivity index (χ3n) is 3.40. The van der Waals surface area contributed by atoms with Crippen LogP contribution in [0.1, 0.15) is 27.6 Å². The van der Waals surface area contributed by atoms with Gasteiger partial charge in [-0.3, -0.25) is 14.4 Å². The molecule has 27 heavy (non-hydrogen) atoms. The van der Waals surface area contributed by atoms with E-state index < -0.39 is 24.6 Å². The van der Waals surface area contributed by atoms with Crippen LogP contribution in [0.4, 0.5) is 0 Å². The van der Waals surface area contributed by atoms with Crippen molar-refractivity contribution in [3.63, 3.8) is 0 Å². The Kier molecular flexibility index (Phi) is 11.6. The molecule has 7 N–H and O–H groups in total. The lowest BCUT2D eigenvalue weighted by atomic mass is 9.94. The molecule has 1 aromatic carbocycles. The molecular weight excluding hydrogens is 360 g/mol. The number of rotatable bonds is 9. The van der Waals surface area contributed by atoms with Crippen LogP contribution >= 0.6 is 0 Å². The van der Waals surface area contributed by atoms with Gasteiger partial charge in [-0.1, -0.05) is 6.07 Å². The van der Waals surface area contributed by atoms with E-state index in [9.17, 15) is 14.4 Å². The van der Waals surface area contributed by atoms with Crippen LogP contribution in [-0.2, 0) is 4.79 Å². The molecule has 0 saturated carbocycles. The third-order valence-corrected chi connectivity index (χ3v) is 3.40. The van der Waals surface area contributed by atoms with Crippen molar-refractivity contribution in [2.24, 2.45) is 5.41 Å². The smallest absolute Gasteiger partial charge is 0.314 e. The molecule has 0 saturated heterocycles. The van der Waals surface area contributed by atoms with Crippen LogP contribution in [0.2, 0.25) is 0 Å². The second-order valence-corrected chi connectivity index (χ2v) is 5.72. The summed E-state index contributed by atoms with van der Waals surface area (Å²) in [5.41, 5.74) is -0.694. The van der Waals surface area contributed by atoms with E-state index in [2.05, 4.69) is 10.6 Å². The summed E-state index contributed by atoms with van der Waals surface area (Å²) in [6, 6.07) is 6.21. The molecule has 0 bridgehead atoms. The Morgan fingerprint density at radius 3 is 1.56 bits per heavy atom. The van der Waals surface area contributed by atoms with Crippen molar-refractivity contribution in [3.8, 4) is 0 Å². The second-order valence-electron chi connectivity index (χ2n) is 5.72. The van der Waals surface area contributed by atoms with Gasteiger partial charge in [0.15, 0.2) is 0 Å². The Morgan fingerprint density at radius 1 is 0.889 bits per heavy atom. The SMILES string of the molecule is CC(CO)(CO)C(=O)O.O=C(NCCO)c1cccc(C(=O)NCCO)c1. The number of aliphatic hydroxyl groups is 4. The monoisotopic (exact) mass is 386 g/mol. The molecule has 1 aromatic rings. The van der Waals surface area contributed by atoms with Gasteiger partial charge in [-0.15, -0.1) is 0 Å². The first-order valence-corrected chi connectivity index (χ1v) is 8.09. The molecule has 0 aliphatic rings. The fourth-order valence-electron chi connectivity index (χ4n) is 1.53. The Hall–Kier alpha value is -2.53. The number of carbonyl (C=O) groups excluding carboxylic acids is 2. The molecule has 0 heterocycles. The summed E-state index contributed by atoms with van der Waals surface area (Å²) in [4.78, 5) is 33.4. The molecule has 0 aliphatic heterocycles. The van der Waals surface area contributed by atoms with Gasteiger partial charge in [-0.05, 0) is 25.1 Å². The number of aliphatic carboxylic acids is 1. The number of aliphatic hydroxyl groups excluding tert-OH is 4. The summed E-state index contributed by atoms with van der Waals surface area (Å²) in [6.45, 7) is 0.247. The first kappa shape index (κ1) is 24.5. The van der Waals surface area contributed by atoms with Crippen molar-refractivity contribution in [1.29, 1.82) is 0 Å². The summed E-state index contributed by atoms with van der Waals surface area (Å²) in [7, 11) is 0. The number of benzene rings is 1. The fraction of sp³-hybridized carbons (Fsp3) is 0.471. The van der Waals surface area contributed by atoms with Gasteiger partial charge >= 0.3 is 5.97 Å². The number of amides is 2. The quantitative estimate of drug-likeness (QED) is 0.260. The molecule has 1 rings (SSSR count). The number of carboxylic acids is 1. The largest absolute Gasteiger partial charge is 0.481 e. The summed E-state index contributed by atoms with van der Waals surface area (Å²) < 4.78 is 0. The maximum atomic E-state index is 11.6. The third kappa shape index (κ3) is 8.60. The van der Waals surface area contributed by atoms with E-state index in [4.69, 9.17) is 25.5 Å². The first-order valence-electron chi connectivity index (χ1n) is 8.09. The fourth-order valence-corrected chi connectivity index (χ4v) is 1.53. The molecule has 0 fully saturated rings. The zero-order chi connectivity index (χ0) is 20.9. The molecule has 0 atom stereocenters. The minimum absolute atomic E-state index is 0.136. The summed E-state index contributed by atoms with van der Waals surface area (Å²) >= 11 is 0. The predicted molar refractivity (Wildman–Crippen MR) is 95.2 cm³/mol. The van der Waals surface area contributed by atoms with Gasteiger partial charge < -0.3 is 36.2 Å². The number of carboxylic acid groups (broad SMARTS) is 1. The van der Waals surface area contributed by atoms with Crippen LogP contribution in [0.15, 0.2) is 24.3 Å². The van der Waals surface area contributed by atoms with Crippen molar-refractivity contribution in [3.05, 3.63) is 35.4 Å². The molecular formula is C17H26N2O8. The topological polar surface area (TPSA) is 176 Å². The van der Waals surface area contributed by atoms with Gasteiger partial charge in [0.1, 0.15) is 5.41 Å². The van der Waals surface area contributed by atoms with Gasteiger partial charge in [0, 0.05) is 24.2 Å². The Bertz CT molecular complexity index is 581. The van der Waals surface area contributed by atoms with Crippen LogP contribution in [0, 0.1) is 5.41 Å². The molecule has 10 heteroatoms. The molecule has 0 spiro atoms. The summed E-state index contributed by atoms with van der Waals surface area (Å²) in [5.74, 6) is -1.88. The highest BCUT2D eigenvalue weighted by Gasteiger charge is 2.31. The van der Waals surface area contributed by atoms with Crippen LogP contribution < -0.4 is 10.6 Å². The number of nitrogens with one attached hydrogen (secondary N) is 2. The van der Waals surface area contributed by atoms with Crippen molar-refractivity contribution in [1.82, 2.24) is 10.6 Å². The number of hydrogen-bond acceptors (Lipinski definition) is 7. The number of carbonyl (C=O) groups is 3. The summed E-state index contributed by atoms with van der Waals surface area (Å²) in [5, 5.41) is 47.3. The van der Waals surface area contributed by atoms with E-state index in [0.29, 0.717) is 11.1 Å². The molecule has 2 amide bonds. The van der Waals surface area contributed by atoms with Crippen molar-refractivity contribution < 1.29 is 39.9 Å². The maximum Gasteiger partial charge on any atom is 0.314 e. The Labute approximate surface area is 156 Å². The lowest BCUT2D eigenvalue weighted by molar-refractivity contribution is -0.152. The first-order chi connectivity index (χ1) is 12.7. The van der Waals surface area contributed by atoms with Crippen LogP contribution in [0.3, 0.4) is 0 Å². The Balaban J connectivity index is 0.000000636. The average Bonchev–Trinajstić information content (AvgIpc) is 2.69. The van der Waals surface area contributed by atoms with E-state index in [1.54, 1.807) is 18.2 Å². The predicted octanol–water partition coefficient (Wildman–Crippen LogP) is -1.81. The van der Waals surface area contributed by atoms with E-state index >= 15 is 0 Å². The number of hydrogen-bond donors (Lipinski definition) is 7. The normalized spacial score (nSPS) is 10.4. The lowest BCUT2D eigenvalue weighted by Crippen LogP contribution is -2.35. The van der Waals surface area contributed by atoms with Crippen LogP contribution in [-0.4, -0.2) is 82.8 Å². The highest BCUT2D eigenvalue weighted by atomic mass is 16.4. The minimum Gasteiger partial charge on any atom is -0.481 e. The van der Waals surface area contributed by atoms with Gasteiger partial charge in [0.2, 0.25) is 0 Å². The highest BCUT2D eigenvalue weighted by Crippen LogP contribution is 2.13. The van der Waals surface area contributed by atoms with Gasteiger partial charge in [0.05, 0.1) is 26.4 Å². The van der Waals surface area contributed by atoms with Gasteiger partial charge in [-0.25, -0.2) is 0 Å². The summed E-state index contributed by atoms with van der Waals surface area (Å²) in [6.07, 6.45) is 0. The van der Waals surface area contributed by atoms with Gasteiger partial charge in [-0.2, -0.15) is 0 Å². The van der Waals surface area contributed by atoms with Crippen LogP contribution in [0.5, 0.6) is 0 Å². The molecule has 0 unspecified atom stereocenters. The minimum atomic E-state index is -1.39. The maximum absolute atomic E-state index is 11.6.